The van der Waals surface area contributed by atoms with E-state index in [-0.39, 0.29) is 6.04 Å². The Labute approximate surface area is 98.0 Å². The van der Waals surface area contributed by atoms with E-state index >= 15 is 0 Å². The average Bonchev–Trinajstić information content (AvgIpc) is 2.90. The highest BCUT2D eigenvalue weighted by molar-refractivity contribution is 5.51. The largest absolute Gasteiger partial charge is 0.378 e. The number of nitrogens with one attached hydrogen (secondary N) is 1. The summed E-state index contributed by atoms with van der Waals surface area (Å²) in [6.07, 6.45) is 3.39. The number of morpholine rings is 1. The SMILES string of the molecule is c1cc(-c2nc([C@H]3COCCN3)no2)ccn1. The van der Waals surface area contributed by atoms with Crippen LogP contribution in [0.1, 0.15) is 11.9 Å². The van der Waals surface area contributed by atoms with Gasteiger partial charge in [0, 0.05) is 24.5 Å². The molecule has 1 aliphatic heterocycles. The van der Waals surface area contributed by atoms with Gasteiger partial charge in [0.25, 0.3) is 5.89 Å². The normalized spacial score (nSPS) is 20.4. The third-order valence-corrected chi connectivity index (χ3v) is 2.60. The minimum atomic E-state index is 0.0167. The number of ether oxygens (including phenoxy) is 1. The van der Waals surface area contributed by atoms with E-state index in [9.17, 15) is 0 Å². The van der Waals surface area contributed by atoms with Crippen molar-refractivity contribution in [1.82, 2.24) is 20.4 Å². The zero-order valence-electron chi connectivity index (χ0n) is 9.17. The summed E-state index contributed by atoms with van der Waals surface area (Å²) in [5, 5.41) is 7.25. The van der Waals surface area contributed by atoms with Crippen molar-refractivity contribution in [2.45, 2.75) is 6.04 Å². The fourth-order valence-corrected chi connectivity index (χ4v) is 1.72. The van der Waals surface area contributed by atoms with E-state index in [1.54, 1.807) is 12.4 Å². The van der Waals surface area contributed by atoms with E-state index < -0.39 is 0 Å². The van der Waals surface area contributed by atoms with Gasteiger partial charge in [-0.2, -0.15) is 4.98 Å². The zero-order valence-corrected chi connectivity index (χ0v) is 9.17. The minimum Gasteiger partial charge on any atom is -0.378 e. The summed E-state index contributed by atoms with van der Waals surface area (Å²) in [5.74, 6) is 1.14. The Morgan fingerprint density at radius 3 is 2.94 bits per heavy atom. The van der Waals surface area contributed by atoms with E-state index in [4.69, 9.17) is 9.26 Å². The second-order valence-corrected chi connectivity index (χ2v) is 3.78. The first-order valence-electron chi connectivity index (χ1n) is 5.48. The van der Waals surface area contributed by atoms with Gasteiger partial charge in [0.15, 0.2) is 5.82 Å². The first-order valence-corrected chi connectivity index (χ1v) is 5.48. The van der Waals surface area contributed by atoms with Crippen LogP contribution >= 0.6 is 0 Å². The molecule has 3 rings (SSSR count). The summed E-state index contributed by atoms with van der Waals surface area (Å²) in [5.41, 5.74) is 0.871. The van der Waals surface area contributed by atoms with Gasteiger partial charge in [0.1, 0.15) is 0 Å². The summed E-state index contributed by atoms with van der Waals surface area (Å²) in [4.78, 5) is 8.30. The molecule has 1 atom stereocenters. The molecule has 3 heterocycles. The highest BCUT2D eigenvalue weighted by atomic mass is 16.5. The Morgan fingerprint density at radius 1 is 1.29 bits per heavy atom. The fraction of sp³-hybridized carbons (Fsp3) is 0.364. The maximum absolute atomic E-state index is 5.36. The maximum Gasteiger partial charge on any atom is 0.258 e. The van der Waals surface area contributed by atoms with Crippen molar-refractivity contribution in [3.63, 3.8) is 0 Å². The molecule has 2 aromatic heterocycles. The minimum absolute atomic E-state index is 0.0167. The standard InChI is InChI=1S/C11H12N4O2/c1-3-12-4-2-8(1)11-14-10(15-17-11)9-7-16-6-5-13-9/h1-4,9,13H,5-7H2/t9-/m1/s1. The van der Waals surface area contributed by atoms with Crippen LogP contribution in [0.25, 0.3) is 11.5 Å². The Hall–Kier alpha value is -1.79. The van der Waals surface area contributed by atoms with Crippen molar-refractivity contribution in [3.8, 4) is 11.5 Å². The Bertz CT molecular complexity index is 479. The van der Waals surface area contributed by atoms with Gasteiger partial charge in [-0.3, -0.25) is 4.98 Å². The molecule has 0 saturated carbocycles. The first kappa shape index (κ1) is 10.4. The van der Waals surface area contributed by atoms with Crippen LogP contribution in [0.3, 0.4) is 0 Å². The van der Waals surface area contributed by atoms with Crippen LogP contribution in [0.4, 0.5) is 0 Å². The monoisotopic (exact) mass is 232 g/mol. The average molecular weight is 232 g/mol. The topological polar surface area (TPSA) is 73.1 Å². The number of hydrogen-bond donors (Lipinski definition) is 1. The fourth-order valence-electron chi connectivity index (χ4n) is 1.72. The van der Waals surface area contributed by atoms with Gasteiger partial charge in [0.05, 0.1) is 19.3 Å². The summed E-state index contributed by atoms with van der Waals surface area (Å²) >= 11 is 0. The van der Waals surface area contributed by atoms with E-state index in [0.717, 1.165) is 18.7 Å². The van der Waals surface area contributed by atoms with Gasteiger partial charge < -0.3 is 14.6 Å². The molecule has 17 heavy (non-hydrogen) atoms. The summed E-state index contributed by atoms with van der Waals surface area (Å²) in [6.45, 7) is 2.12. The molecule has 1 N–H and O–H groups in total. The number of hydrogen-bond acceptors (Lipinski definition) is 6. The lowest BCUT2D eigenvalue weighted by atomic mass is 10.2. The summed E-state index contributed by atoms with van der Waals surface area (Å²) in [6, 6.07) is 3.69. The number of rotatable bonds is 2. The molecule has 1 saturated heterocycles. The van der Waals surface area contributed by atoms with E-state index in [0.29, 0.717) is 18.3 Å². The Balaban J connectivity index is 1.83. The molecule has 0 spiro atoms. The van der Waals surface area contributed by atoms with Crippen molar-refractivity contribution in [1.29, 1.82) is 0 Å². The van der Waals surface area contributed by atoms with Crippen LogP contribution in [-0.2, 0) is 4.74 Å². The first-order chi connectivity index (χ1) is 8.43. The number of nitrogens with zero attached hydrogens (tertiary/aromatic N) is 3. The lowest BCUT2D eigenvalue weighted by molar-refractivity contribution is 0.0734. The van der Waals surface area contributed by atoms with Crippen LogP contribution < -0.4 is 5.32 Å². The van der Waals surface area contributed by atoms with Crippen LogP contribution in [-0.4, -0.2) is 34.9 Å². The van der Waals surface area contributed by atoms with Crippen molar-refractivity contribution in [2.24, 2.45) is 0 Å². The van der Waals surface area contributed by atoms with E-state index in [1.165, 1.54) is 0 Å². The molecule has 6 nitrogen and oxygen atoms in total. The quantitative estimate of drug-likeness (QED) is 0.825. The molecule has 0 bridgehead atoms. The van der Waals surface area contributed by atoms with Crippen LogP contribution in [0, 0.1) is 0 Å². The van der Waals surface area contributed by atoms with Crippen LogP contribution in [0.5, 0.6) is 0 Å². The van der Waals surface area contributed by atoms with Crippen LogP contribution in [0.15, 0.2) is 29.0 Å². The van der Waals surface area contributed by atoms with Gasteiger partial charge in [-0.25, -0.2) is 0 Å². The molecular formula is C11H12N4O2. The van der Waals surface area contributed by atoms with E-state index in [2.05, 4.69) is 20.4 Å². The lowest BCUT2D eigenvalue weighted by Crippen LogP contribution is -2.35. The van der Waals surface area contributed by atoms with Crippen molar-refractivity contribution < 1.29 is 9.26 Å². The Kier molecular flexibility index (Phi) is 2.81. The van der Waals surface area contributed by atoms with Crippen LogP contribution in [0.2, 0.25) is 0 Å². The third-order valence-electron chi connectivity index (χ3n) is 2.60. The molecule has 88 valence electrons. The number of pyridine rings is 1. The molecule has 6 heteroatoms. The molecule has 1 fully saturated rings. The smallest absolute Gasteiger partial charge is 0.258 e. The number of aromatic nitrogens is 3. The molecule has 0 amide bonds. The van der Waals surface area contributed by atoms with E-state index in [1.807, 2.05) is 12.1 Å². The molecule has 0 aromatic carbocycles. The predicted octanol–water partition coefficient (Wildman–Crippen LogP) is 0.792. The highest BCUT2D eigenvalue weighted by Crippen LogP contribution is 2.19. The van der Waals surface area contributed by atoms with Gasteiger partial charge >= 0.3 is 0 Å². The third kappa shape index (κ3) is 2.17. The van der Waals surface area contributed by atoms with Gasteiger partial charge in [0.2, 0.25) is 0 Å². The maximum atomic E-state index is 5.36. The van der Waals surface area contributed by atoms with Gasteiger partial charge in [-0.1, -0.05) is 5.16 Å². The highest BCUT2D eigenvalue weighted by Gasteiger charge is 2.21. The molecule has 1 aliphatic rings. The Morgan fingerprint density at radius 2 is 2.18 bits per heavy atom. The van der Waals surface area contributed by atoms with Gasteiger partial charge in [-0.05, 0) is 12.1 Å². The zero-order chi connectivity index (χ0) is 11.5. The molecule has 0 unspecified atom stereocenters. The lowest BCUT2D eigenvalue weighted by Gasteiger charge is -2.20. The van der Waals surface area contributed by atoms with Gasteiger partial charge in [-0.15, -0.1) is 0 Å². The second-order valence-electron chi connectivity index (χ2n) is 3.78. The molecule has 0 radical (unpaired) electrons. The second kappa shape index (κ2) is 4.60. The summed E-state index contributed by atoms with van der Waals surface area (Å²) < 4.78 is 10.6. The molecular weight excluding hydrogens is 220 g/mol. The predicted molar refractivity (Wildman–Crippen MR) is 59.1 cm³/mol. The summed E-state index contributed by atoms with van der Waals surface area (Å²) in [7, 11) is 0. The van der Waals surface area contributed by atoms with Crippen molar-refractivity contribution >= 4 is 0 Å². The van der Waals surface area contributed by atoms with Crippen molar-refractivity contribution in [3.05, 3.63) is 30.4 Å². The van der Waals surface area contributed by atoms with Crippen molar-refractivity contribution in [2.75, 3.05) is 19.8 Å². The molecule has 0 aliphatic carbocycles. The molecule has 2 aromatic rings.